The number of nitrogens with one attached hydrogen (secondary N) is 1. The molecule has 0 radical (unpaired) electrons. The zero-order valence-electron chi connectivity index (χ0n) is 13.1. The van der Waals surface area contributed by atoms with Crippen LogP contribution in [0, 0.1) is 16.7 Å². The number of likely N-dealkylation sites (N-methyl/N-ethyl adjacent to an activating group) is 1. The van der Waals surface area contributed by atoms with Crippen molar-refractivity contribution in [2.24, 2.45) is 17.1 Å². The van der Waals surface area contributed by atoms with E-state index in [1.54, 1.807) is 0 Å². The Hall–Kier alpha value is -0.610. The molecule has 18 heavy (non-hydrogen) atoms. The van der Waals surface area contributed by atoms with Gasteiger partial charge >= 0.3 is 0 Å². The molecule has 108 valence electrons. The van der Waals surface area contributed by atoms with E-state index < -0.39 is 0 Å². The summed E-state index contributed by atoms with van der Waals surface area (Å²) >= 11 is 0. The largest absolute Gasteiger partial charge is 0.387 e. The predicted octanol–water partition coefficient (Wildman–Crippen LogP) is 1.86. The van der Waals surface area contributed by atoms with Crippen molar-refractivity contribution in [3.63, 3.8) is 0 Å². The lowest BCUT2D eigenvalue weighted by Crippen LogP contribution is -2.39. The number of hydrogen-bond acceptors (Lipinski definition) is 3. The monoisotopic (exact) mass is 256 g/mol. The minimum atomic E-state index is -0.187. The summed E-state index contributed by atoms with van der Waals surface area (Å²) in [6.07, 6.45) is 0.947. The van der Waals surface area contributed by atoms with Gasteiger partial charge in [0, 0.05) is 25.0 Å². The summed E-state index contributed by atoms with van der Waals surface area (Å²) in [7, 11) is 4.21. The zero-order valence-corrected chi connectivity index (χ0v) is 13.1. The Morgan fingerprint density at radius 2 is 1.72 bits per heavy atom. The van der Waals surface area contributed by atoms with E-state index >= 15 is 0 Å². The van der Waals surface area contributed by atoms with Crippen LogP contribution in [0.1, 0.15) is 34.1 Å². The van der Waals surface area contributed by atoms with Gasteiger partial charge in [0.25, 0.3) is 0 Å². The van der Waals surface area contributed by atoms with Crippen LogP contribution in [-0.4, -0.2) is 55.9 Å². The van der Waals surface area contributed by atoms with Gasteiger partial charge in [0.05, 0.1) is 5.84 Å². The Kier molecular flexibility index (Phi) is 7.48. The van der Waals surface area contributed by atoms with Gasteiger partial charge in [-0.05, 0) is 33.0 Å². The average Bonchev–Trinajstić information content (AvgIpc) is 2.21. The molecule has 0 heterocycles. The van der Waals surface area contributed by atoms with Gasteiger partial charge in [-0.3, -0.25) is 5.41 Å². The van der Waals surface area contributed by atoms with Crippen molar-refractivity contribution in [2.45, 2.75) is 34.1 Å². The first-order valence-corrected chi connectivity index (χ1v) is 6.86. The van der Waals surface area contributed by atoms with Gasteiger partial charge in [0.15, 0.2) is 0 Å². The third kappa shape index (κ3) is 7.67. The lowest BCUT2D eigenvalue weighted by Gasteiger charge is -2.30. The molecule has 0 saturated carbocycles. The van der Waals surface area contributed by atoms with E-state index in [4.69, 9.17) is 11.1 Å². The third-order valence-corrected chi connectivity index (χ3v) is 3.27. The highest BCUT2D eigenvalue weighted by molar-refractivity contribution is 5.82. The second-order valence-electron chi connectivity index (χ2n) is 6.55. The molecule has 4 nitrogen and oxygen atoms in total. The maximum Gasteiger partial charge on any atom is 0.0963 e. The summed E-state index contributed by atoms with van der Waals surface area (Å²) in [6.45, 7) is 12.9. The van der Waals surface area contributed by atoms with Crippen molar-refractivity contribution in [1.82, 2.24) is 9.80 Å². The molecule has 0 spiro atoms. The van der Waals surface area contributed by atoms with E-state index in [2.05, 4.69) is 51.6 Å². The molecule has 0 amide bonds. The van der Waals surface area contributed by atoms with E-state index in [9.17, 15) is 0 Å². The van der Waals surface area contributed by atoms with Gasteiger partial charge in [-0.1, -0.05) is 27.7 Å². The number of hydrogen-bond donors (Lipinski definition) is 2. The van der Waals surface area contributed by atoms with Gasteiger partial charge in [-0.25, -0.2) is 0 Å². The zero-order chi connectivity index (χ0) is 14.3. The van der Waals surface area contributed by atoms with Crippen LogP contribution in [0.25, 0.3) is 0 Å². The molecular weight excluding hydrogens is 224 g/mol. The van der Waals surface area contributed by atoms with Gasteiger partial charge in [0.1, 0.15) is 0 Å². The smallest absolute Gasteiger partial charge is 0.0963 e. The van der Waals surface area contributed by atoms with Gasteiger partial charge in [-0.2, -0.15) is 0 Å². The van der Waals surface area contributed by atoms with Crippen molar-refractivity contribution >= 4 is 5.84 Å². The van der Waals surface area contributed by atoms with Crippen molar-refractivity contribution in [3.8, 4) is 0 Å². The van der Waals surface area contributed by atoms with Crippen LogP contribution < -0.4 is 5.73 Å². The predicted molar refractivity (Wildman–Crippen MR) is 80.1 cm³/mol. The summed E-state index contributed by atoms with van der Waals surface area (Å²) in [5, 5.41) is 7.60. The molecule has 0 rings (SSSR count). The van der Waals surface area contributed by atoms with Crippen LogP contribution in [0.2, 0.25) is 0 Å². The van der Waals surface area contributed by atoms with Crippen molar-refractivity contribution in [3.05, 3.63) is 0 Å². The Morgan fingerprint density at radius 1 is 1.17 bits per heavy atom. The molecule has 0 bridgehead atoms. The van der Waals surface area contributed by atoms with Crippen LogP contribution in [-0.2, 0) is 0 Å². The molecule has 0 aliphatic carbocycles. The van der Waals surface area contributed by atoms with Crippen LogP contribution in [0.5, 0.6) is 0 Å². The summed E-state index contributed by atoms with van der Waals surface area (Å²) in [6, 6.07) is 0. The highest BCUT2D eigenvalue weighted by Crippen LogP contribution is 2.20. The molecule has 3 N–H and O–H groups in total. The lowest BCUT2D eigenvalue weighted by atomic mass is 9.88. The third-order valence-electron chi connectivity index (χ3n) is 3.27. The van der Waals surface area contributed by atoms with E-state index in [1.807, 2.05) is 0 Å². The number of rotatable bonds is 9. The second kappa shape index (κ2) is 7.74. The summed E-state index contributed by atoms with van der Waals surface area (Å²) < 4.78 is 0. The molecule has 0 fully saturated rings. The molecule has 4 heteroatoms. The SMILES string of the molecule is CC(C)CN(CCN(C)C)CCC(C)(C)C(=N)N. The standard InChI is InChI=1S/C14H32N4/c1-12(2)11-18(10-9-17(5)6)8-7-14(3,4)13(15)16/h12H,7-11H2,1-6H3,(H3,15,16). The molecule has 0 aromatic heterocycles. The summed E-state index contributed by atoms with van der Waals surface area (Å²) in [4.78, 5) is 4.69. The topological polar surface area (TPSA) is 56.4 Å². The molecule has 0 aromatic rings. The lowest BCUT2D eigenvalue weighted by molar-refractivity contribution is 0.201. The first kappa shape index (κ1) is 17.4. The van der Waals surface area contributed by atoms with Crippen molar-refractivity contribution in [2.75, 3.05) is 40.3 Å². The number of amidine groups is 1. The van der Waals surface area contributed by atoms with Gasteiger partial charge in [0.2, 0.25) is 0 Å². The fourth-order valence-corrected chi connectivity index (χ4v) is 1.72. The first-order valence-electron chi connectivity index (χ1n) is 6.86. The fourth-order valence-electron chi connectivity index (χ4n) is 1.72. The van der Waals surface area contributed by atoms with Crippen LogP contribution in [0.15, 0.2) is 0 Å². The van der Waals surface area contributed by atoms with Gasteiger partial charge in [-0.15, -0.1) is 0 Å². The van der Waals surface area contributed by atoms with E-state index in [0.29, 0.717) is 11.8 Å². The quantitative estimate of drug-likeness (QED) is 0.489. The van der Waals surface area contributed by atoms with E-state index in [-0.39, 0.29) is 5.41 Å². The summed E-state index contributed by atoms with van der Waals surface area (Å²) in [5.41, 5.74) is 5.45. The van der Waals surface area contributed by atoms with Crippen LogP contribution >= 0.6 is 0 Å². The van der Waals surface area contributed by atoms with E-state index in [1.165, 1.54) is 0 Å². The average molecular weight is 256 g/mol. The number of nitrogens with two attached hydrogens (primary N) is 1. The minimum Gasteiger partial charge on any atom is -0.387 e. The van der Waals surface area contributed by atoms with Crippen molar-refractivity contribution < 1.29 is 0 Å². The molecule has 0 aliphatic heterocycles. The molecule has 0 aliphatic rings. The van der Waals surface area contributed by atoms with Crippen molar-refractivity contribution in [1.29, 1.82) is 5.41 Å². The Morgan fingerprint density at radius 3 is 2.11 bits per heavy atom. The molecule has 0 saturated heterocycles. The molecule has 0 atom stereocenters. The van der Waals surface area contributed by atoms with Gasteiger partial charge < -0.3 is 15.5 Å². The molecule has 0 aromatic carbocycles. The first-order chi connectivity index (χ1) is 8.15. The Balaban J connectivity index is 4.27. The molecular formula is C14H32N4. The van der Waals surface area contributed by atoms with Crippen LogP contribution in [0.3, 0.4) is 0 Å². The summed E-state index contributed by atoms with van der Waals surface area (Å²) in [5.74, 6) is 0.965. The highest BCUT2D eigenvalue weighted by atomic mass is 15.2. The second-order valence-corrected chi connectivity index (χ2v) is 6.55. The highest BCUT2D eigenvalue weighted by Gasteiger charge is 2.22. The maximum atomic E-state index is 7.60. The Bertz CT molecular complexity index is 246. The van der Waals surface area contributed by atoms with E-state index in [0.717, 1.165) is 32.6 Å². The number of nitrogens with zero attached hydrogens (tertiary/aromatic N) is 2. The van der Waals surface area contributed by atoms with Crippen LogP contribution in [0.4, 0.5) is 0 Å². The Labute approximate surface area is 113 Å². The molecule has 0 unspecified atom stereocenters. The normalized spacial score (nSPS) is 12.7. The maximum absolute atomic E-state index is 7.60. The fraction of sp³-hybridized carbons (Fsp3) is 0.929. The minimum absolute atomic E-state index is 0.187.